The van der Waals surface area contributed by atoms with Gasteiger partial charge in [0.05, 0.1) is 0 Å². The molecule has 0 aromatic heterocycles. The third-order valence-electron chi connectivity index (χ3n) is 1.78. The van der Waals surface area contributed by atoms with Gasteiger partial charge < -0.3 is 0 Å². The summed E-state index contributed by atoms with van der Waals surface area (Å²) in [5.41, 5.74) is 0. The van der Waals surface area contributed by atoms with E-state index in [1.165, 1.54) is 19.3 Å². The highest BCUT2D eigenvalue weighted by Crippen LogP contribution is 2.14. The van der Waals surface area contributed by atoms with Gasteiger partial charge in [0.25, 0.3) is 0 Å². The Morgan fingerprint density at radius 2 is 2.50 bits per heavy atom. The van der Waals surface area contributed by atoms with Crippen LogP contribution in [0.25, 0.3) is 0 Å². The largest absolute Gasteiger partial charge is 0.241 e. The fraction of sp³-hybridized carbons (Fsp3) is 1.00. The normalized spacial score (nSPS) is 28.9. The number of hydrogen-bond donors (Lipinski definition) is 0. The van der Waals surface area contributed by atoms with Crippen molar-refractivity contribution < 1.29 is 0 Å². The van der Waals surface area contributed by atoms with Crippen LogP contribution in [0.3, 0.4) is 0 Å². The molecule has 1 aliphatic rings. The molecule has 1 atom stereocenters. The average molecular weight is 112 g/mol. The van der Waals surface area contributed by atoms with Gasteiger partial charge in [-0.05, 0) is 18.8 Å². The third kappa shape index (κ3) is 1.48. The Balaban J connectivity index is 2.06. The van der Waals surface area contributed by atoms with Crippen molar-refractivity contribution in [2.45, 2.75) is 26.2 Å². The molecule has 0 saturated carbocycles. The zero-order chi connectivity index (χ0) is 5.82. The van der Waals surface area contributed by atoms with E-state index >= 15 is 0 Å². The molecule has 0 aromatic carbocycles. The molecule has 1 aliphatic heterocycles. The molecule has 1 heteroatoms. The monoisotopic (exact) mass is 112 g/mol. The lowest BCUT2D eigenvalue weighted by atomic mass is 10.0. The van der Waals surface area contributed by atoms with Gasteiger partial charge in [-0.25, -0.2) is 5.32 Å². The summed E-state index contributed by atoms with van der Waals surface area (Å²) in [5, 5.41) is 4.28. The molecule has 1 saturated heterocycles. The van der Waals surface area contributed by atoms with Crippen molar-refractivity contribution in [2.24, 2.45) is 5.92 Å². The summed E-state index contributed by atoms with van der Waals surface area (Å²) in [6.07, 6.45) is 4.08. The van der Waals surface area contributed by atoms with E-state index in [2.05, 4.69) is 12.2 Å². The summed E-state index contributed by atoms with van der Waals surface area (Å²) < 4.78 is 0. The summed E-state index contributed by atoms with van der Waals surface area (Å²) >= 11 is 0. The van der Waals surface area contributed by atoms with Gasteiger partial charge in [0.1, 0.15) is 0 Å². The molecule has 0 bridgehead atoms. The van der Waals surface area contributed by atoms with E-state index < -0.39 is 0 Å². The standard InChI is InChI=1S/C7H14N/c1-2-3-7-4-5-8-6-7/h7H,2-6H2,1H3. The predicted octanol–water partition coefficient (Wildman–Crippen LogP) is 1.41. The Hall–Kier alpha value is -0.0400. The van der Waals surface area contributed by atoms with Crippen LogP contribution in [0.15, 0.2) is 0 Å². The lowest BCUT2D eigenvalue weighted by Crippen LogP contribution is -2.01. The van der Waals surface area contributed by atoms with Gasteiger partial charge in [-0.15, -0.1) is 0 Å². The summed E-state index contributed by atoms with van der Waals surface area (Å²) in [6, 6.07) is 0. The van der Waals surface area contributed by atoms with E-state index in [0.29, 0.717) is 0 Å². The van der Waals surface area contributed by atoms with E-state index in [9.17, 15) is 0 Å². The summed E-state index contributed by atoms with van der Waals surface area (Å²) in [4.78, 5) is 0. The molecule has 1 rings (SSSR count). The Morgan fingerprint density at radius 3 is 3.00 bits per heavy atom. The fourth-order valence-corrected chi connectivity index (χ4v) is 1.28. The second kappa shape index (κ2) is 3.08. The van der Waals surface area contributed by atoms with Crippen LogP contribution in [0, 0.1) is 5.92 Å². The first-order valence-corrected chi connectivity index (χ1v) is 3.56. The van der Waals surface area contributed by atoms with Crippen molar-refractivity contribution in [2.75, 3.05) is 13.1 Å². The first-order valence-electron chi connectivity index (χ1n) is 3.56. The molecule has 47 valence electrons. The van der Waals surface area contributed by atoms with Gasteiger partial charge in [0.15, 0.2) is 0 Å². The summed E-state index contributed by atoms with van der Waals surface area (Å²) in [7, 11) is 0. The molecule has 0 N–H and O–H groups in total. The van der Waals surface area contributed by atoms with E-state index in [1.807, 2.05) is 0 Å². The van der Waals surface area contributed by atoms with Gasteiger partial charge in [-0.1, -0.05) is 13.3 Å². The average Bonchev–Trinajstić information content (AvgIpc) is 2.19. The minimum atomic E-state index is 0.944. The maximum Gasteiger partial charge on any atom is 0.0162 e. The molecule has 1 nitrogen and oxygen atoms in total. The lowest BCUT2D eigenvalue weighted by Gasteiger charge is -2.01. The second-order valence-electron chi connectivity index (χ2n) is 2.57. The van der Waals surface area contributed by atoms with Crippen LogP contribution in [0.2, 0.25) is 0 Å². The minimum absolute atomic E-state index is 0.944. The summed E-state index contributed by atoms with van der Waals surface area (Å²) in [6.45, 7) is 4.52. The Bertz CT molecular complexity index is 55.4. The van der Waals surface area contributed by atoms with Crippen LogP contribution in [0.5, 0.6) is 0 Å². The quantitative estimate of drug-likeness (QED) is 0.513. The van der Waals surface area contributed by atoms with Crippen LogP contribution in [0.4, 0.5) is 0 Å². The van der Waals surface area contributed by atoms with E-state index in [4.69, 9.17) is 0 Å². The third-order valence-corrected chi connectivity index (χ3v) is 1.78. The maximum atomic E-state index is 4.28. The molecule has 1 heterocycles. The molecule has 0 aliphatic carbocycles. The highest BCUT2D eigenvalue weighted by atomic mass is 14.9. The topological polar surface area (TPSA) is 14.1 Å². The van der Waals surface area contributed by atoms with Crippen LogP contribution in [0.1, 0.15) is 26.2 Å². The predicted molar refractivity (Wildman–Crippen MR) is 34.9 cm³/mol. The van der Waals surface area contributed by atoms with Gasteiger partial charge in [0.2, 0.25) is 0 Å². The molecular formula is C7H14N. The lowest BCUT2D eigenvalue weighted by molar-refractivity contribution is 0.524. The maximum absolute atomic E-state index is 4.28. The molecule has 1 unspecified atom stereocenters. The van der Waals surface area contributed by atoms with Crippen molar-refractivity contribution in [1.82, 2.24) is 5.32 Å². The minimum Gasteiger partial charge on any atom is -0.241 e. The molecule has 1 fully saturated rings. The molecule has 1 radical (unpaired) electrons. The number of rotatable bonds is 2. The molecular weight excluding hydrogens is 98.1 g/mol. The van der Waals surface area contributed by atoms with Crippen LogP contribution < -0.4 is 5.32 Å². The van der Waals surface area contributed by atoms with Crippen molar-refractivity contribution in [1.29, 1.82) is 0 Å². The molecule has 0 amide bonds. The summed E-state index contributed by atoms with van der Waals surface area (Å²) in [5.74, 6) is 0.944. The molecule has 0 spiro atoms. The first-order chi connectivity index (χ1) is 3.93. The van der Waals surface area contributed by atoms with Crippen molar-refractivity contribution in [3.8, 4) is 0 Å². The van der Waals surface area contributed by atoms with Crippen molar-refractivity contribution >= 4 is 0 Å². The van der Waals surface area contributed by atoms with Crippen LogP contribution in [-0.4, -0.2) is 13.1 Å². The smallest absolute Gasteiger partial charge is 0.0162 e. The fourth-order valence-electron chi connectivity index (χ4n) is 1.28. The Labute approximate surface area is 51.5 Å². The van der Waals surface area contributed by atoms with E-state index in [1.54, 1.807) is 0 Å². The van der Waals surface area contributed by atoms with Crippen LogP contribution in [-0.2, 0) is 0 Å². The van der Waals surface area contributed by atoms with Gasteiger partial charge in [0, 0.05) is 13.1 Å². The zero-order valence-corrected chi connectivity index (χ0v) is 5.56. The van der Waals surface area contributed by atoms with E-state index in [-0.39, 0.29) is 0 Å². The number of nitrogens with zero attached hydrogens (tertiary/aromatic N) is 1. The SMILES string of the molecule is CCCC1CC[N]C1. The highest BCUT2D eigenvalue weighted by molar-refractivity contribution is 4.69. The van der Waals surface area contributed by atoms with E-state index in [0.717, 1.165) is 19.0 Å². The van der Waals surface area contributed by atoms with Gasteiger partial charge >= 0.3 is 0 Å². The van der Waals surface area contributed by atoms with Crippen molar-refractivity contribution in [3.63, 3.8) is 0 Å². The van der Waals surface area contributed by atoms with Gasteiger partial charge in [-0.2, -0.15) is 0 Å². The van der Waals surface area contributed by atoms with Crippen molar-refractivity contribution in [3.05, 3.63) is 0 Å². The van der Waals surface area contributed by atoms with Crippen LogP contribution >= 0.6 is 0 Å². The zero-order valence-electron chi connectivity index (χ0n) is 5.56. The van der Waals surface area contributed by atoms with Gasteiger partial charge in [-0.3, -0.25) is 0 Å². The molecule has 8 heavy (non-hydrogen) atoms. The number of hydrogen-bond acceptors (Lipinski definition) is 0. The second-order valence-corrected chi connectivity index (χ2v) is 2.57. The Kier molecular flexibility index (Phi) is 2.34. The Morgan fingerprint density at radius 1 is 1.62 bits per heavy atom. The molecule has 0 aromatic rings. The highest BCUT2D eigenvalue weighted by Gasteiger charge is 2.13. The first kappa shape index (κ1) is 6.09.